The standard InChI is InChI=1S/C21H31N3O5S/c1-28-19-8-7-18(13-20(19)29-2)30(26,27)24-11-9-22(10-12-24)21(25)15-23(17-5-6-17)14-16-3-4-16/h7-8,13,16-17H,3-6,9-12,14-15H2,1-2H3. The van der Waals surface area contributed by atoms with Crippen LogP contribution in [0, 0.1) is 5.92 Å². The molecule has 30 heavy (non-hydrogen) atoms. The van der Waals surface area contributed by atoms with Crippen molar-refractivity contribution in [2.75, 3.05) is 53.5 Å². The highest BCUT2D eigenvalue weighted by Crippen LogP contribution is 2.35. The molecule has 166 valence electrons. The maximum atomic E-state index is 13.1. The Labute approximate surface area is 178 Å². The van der Waals surface area contributed by atoms with Crippen LogP contribution in [0.4, 0.5) is 0 Å². The Morgan fingerprint density at radius 1 is 1.03 bits per heavy atom. The van der Waals surface area contributed by atoms with Gasteiger partial charge in [-0.1, -0.05) is 0 Å². The summed E-state index contributed by atoms with van der Waals surface area (Å²) in [6.45, 7) is 2.94. The first kappa shape index (κ1) is 21.4. The molecule has 1 amide bonds. The first-order valence-corrected chi connectivity index (χ1v) is 12.1. The predicted molar refractivity (Wildman–Crippen MR) is 112 cm³/mol. The molecule has 1 aliphatic heterocycles. The van der Waals surface area contributed by atoms with E-state index in [1.165, 1.54) is 56.3 Å². The summed E-state index contributed by atoms with van der Waals surface area (Å²) in [6.07, 6.45) is 4.95. The van der Waals surface area contributed by atoms with Crippen molar-refractivity contribution in [3.63, 3.8) is 0 Å². The smallest absolute Gasteiger partial charge is 0.243 e. The topological polar surface area (TPSA) is 79.4 Å². The first-order valence-electron chi connectivity index (χ1n) is 10.7. The summed E-state index contributed by atoms with van der Waals surface area (Å²) in [6, 6.07) is 5.18. The predicted octanol–water partition coefficient (Wildman–Crippen LogP) is 1.41. The van der Waals surface area contributed by atoms with Crippen molar-refractivity contribution in [1.29, 1.82) is 0 Å². The molecule has 2 aliphatic carbocycles. The molecule has 0 aromatic heterocycles. The van der Waals surface area contributed by atoms with Crippen LogP contribution in [0.15, 0.2) is 23.1 Å². The number of benzene rings is 1. The third kappa shape index (κ3) is 4.73. The largest absolute Gasteiger partial charge is 0.493 e. The molecule has 1 aromatic rings. The lowest BCUT2D eigenvalue weighted by molar-refractivity contribution is -0.133. The Kier molecular flexibility index (Phi) is 6.22. The van der Waals surface area contributed by atoms with Gasteiger partial charge in [-0.3, -0.25) is 9.69 Å². The molecule has 0 unspecified atom stereocenters. The van der Waals surface area contributed by atoms with E-state index in [0.717, 1.165) is 12.5 Å². The molecule has 2 saturated carbocycles. The van der Waals surface area contributed by atoms with E-state index < -0.39 is 10.0 Å². The maximum absolute atomic E-state index is 13.1. The fraction of sp³-hybridized carbons (Fsp3) is 0.667. The van der Waals surface area contributed by atoms with E-state index in [1.54, 1.807) is 6.07 Å². The summed E-state index contributed by atoms with van der Waals surface area (Å²) >= 11 is 0. The number of piperazine rings is 1. The molecule has 3 fully saturated rings. The second-order valence-electron chi connectivity index (χ2n) is 8.41. The molecule has 1 aromatic carbocycles. The van der Waals surface area contributed by atoms with Crippen LogP contribution in [-0.2, 0) is 14.8 Å². The summed E-state index contributed by atoms with van der Waals surface area (Å²) in [5.41, 5.74) is 0. The van der Waals surface area contributed by atoms with Crippen LogP contribution in [0.5, 0.6) is 11.5 Å². The number of carbonyl (C=O) groups is 1. The SMILES string of the molecule is COc1ccc(S(=O)(=O)N2CCN(C(=O)CN(CC3CC3)C3CC3)CC2)cc1OC. The Bertz CT molecular complexity index is 875. The van der Waals surface area contributed by atoms with Gasteiger partial charge >= 0.3 is 0 Å². The zero-order chi connectivity index (χ0) is 21.3. The number of sulfonamides is 1. The number of ether oxygens (including phenoxy) is 2. The minimum Gasteiger partial charge on any atom is -0.493 e. The number of carbonyl (C=O) groups excluding carboxylic acids is 1. The average molecular weight is 438 g/mol. The van der Waals surface area contributed by atoms with Gasteiger partial charge in [0.25, 0.3) is 0 Å². The first-order chi connectivity index (χ1) is 14.4. The monoisotopic (exact) mass is 437 g/mol. The van der Waals surface area contributed by atoms with Crippen LogP contribution in [-0.4, -0.2) is 88.0 Å². The summed E-state index contributed by atoms with van der Waals surface area (Å²) in [5.74, 6) is 1.74. The Hall–Kier alpha value is -1.84. The van der Waals surface area contributed by atoms with Crippen molar-refractivity contribution < 1.29 is 22.7 Å². The maximum Gasteiger partial charge on any atom is 0.243 e. The fourth-order valence-corrected chi connectivity index (χ4v) is 5.43. The van der Waals surface area contributed by atoms with Crippen LogP contribution < -0.4 is 9.47 Å². The molecule has 0 N–H and O–H groups in total. The average Bonchev–Trinajstić information content (AvgIpc) is 3.67. The summed E-state index contributed by atoms with van der Waals surface area (Å²) < 4.78 is 38.0. The van der Waals surface area contributed by atoms with Crippen molar-refractivity contribution in [2.24, 2.45) is 5.92 Å². The van der Waals surface area contributed by atoms with Crippen molar-refractivity contribution >= 4 is 15.9 Å². The number of rotatable bonds is 9. The van der Waals surface area contributed by atoms with E-state index in [1.807, 2.05) is 4.90 Å². The number of methoxy groups -OCH3 is 2. The van der Waals surface area contributed by atoms with Gasteiger partial charge in [0.15, 0.2) is 11.5 Å². The molecular weight excluding hydrogens is 406 g/mol. The van der Waals surface area contributed by atoms with E-state index in [4.69, 9.17) is 9.47 Å². The Morgan fingerprint density at radius 3 is 2.27 bits per heavy atom. The molecule has 8 nitrogen and oxygen atoms in total. The van der Waals surface area contributed by atoms with Crippen LogP contribution in [0.25, 0.3) is 0 Å². The summed E-state index contributed by atoms with van der Waals surface area (Å²) in [7, 11) is -0.663. The molecule has 3 aliphatic rings. The lowest BCUT2D eigenvalue weighted by Crippen LogP contribution is -2.52. The Morgan fingerprint density at radius 2 is 1.70 bits per heavy atom. The number of amides is 1. The van der Waals surface area contributed by atoms with Gasteiger partial charge in [0.05, 0.1) is 25.7 Å². The van der Waals surface area contributed by atoms with E-state index in [2.05, 4.69) is 4.90 Å². The molecule has 9 heteroatoms. The highest BCUT2D eigenvalue weighted by Gasteiger charge is 2.36. The van der Waals surface area contributed by atoms with Gasteiger partial charge in [-0.15, -0.1) is 0 Å². The zero-order valence-corrected chi connectivity index (χ0v) is 18.6. The second-order valence-corrected chi connectivity index (χ2v) is 10.3. The van der Waals surface area contributed by atoms with Gasteiger partial charge in [0.2, 0.25) is 15.9 Å². The zero-order valence-electron chi connectivity index (χ0n) is 17.7. The molecular formula is C21H31N3O5S. The normalized spacial score (nSPS) is 20.4. The molecule has 0 atom stereocenters. The molecule has 1 heterocycles. The van der Waals surface area contributed by atoms with Gasteiger partial charge in [-0.05, 0) is 43.7 Å². The van der Waals surface area contributed by atoms with Crippen LogP contribution >= 0.6 is 0 Å². The van der Waals surface area contributed by atoms with Crippen molar-refractivity contribution in [3.8, 4) is 11.5 Å². The van der Waals surface area contributed by atoms with Crippen LogP contribution in [0.3, 0.4) is 0 Å². The van der Waals surface area contributed by atoms with Crippen molar-refractivity contribution in [3.05, 3.63) is 18.2 Å². The second kappa shape index (κ2) is 8.72. The highest BCUT2D eigenvalue weighted by atomic mass is 32.2. The lowest BCUT2D eigenvalue weighted by atomic mass is 10.3. The van der Waals surface area contributed by atoms with Gasteiger partial charge in [-0.25, -0.2) is 8.42 Å². The number of nitrogens with zero attached hydrogens (tertiary/aromatic N) is 3. The quantitative estimate of drug-likeness (QED) is 0.581. The molecule has 1 saturated heterocycles. The van der Waals surface area contributed by atoms with Gasteiger partial charge in [-0.2, -0.15) is 4.31 Å². The number of hydrogen-bond acceptors (Lipinski definition) is 6. The molecule has 0 radical (unpaired) electrons. The van der Waals surface area contributed by atoms with E-state index in [0.29, 0.717) is 50.3 Å². The molecule has 0 spiro atoms. The van der Waals surface area contributed by atoms with Crippen molar-refractivity contribution in [1.82, 2.24) is 14.1 Å². The van der Waals surface area contributed by atoms with Gasteiger partial charge in [0, 0.05) is 44.8 Å². The van der Waals surface area contributed by atoms with E-state index >= 15 is 0 Å². The van der Waals surface area contributed by atoms with Crippen LogP contribution in [0.2, 0.25) is 0 Å². The molecule has 0 bridgehead atoms. The van der Waals surface area contributed by atoms with E-state index in [-0.39, 0.29) is 10.8 Å². The number of hydrogen-bond donors (Lipinski definition) is 0. The van der Waals surface area contributed by atoms with Crippen LogP contribution in [0.1, 0.15) is 25.7 Å². The molecule has 4 rings (SSSR count). The fourth-order valence-electron chi connectivity index (χ4n) is 3.99. The van der Waals surface area contributed by atoms with E-state index in [9.17, 15) is 13.2 Å². The minimum absolute atomic E-state index is 0.116. The summed E-state index contributed by atoms with van der Waals surface area (Å²) in [5, 5.41) is 0. The van der Waals surface area contributed by atoms with Gasteiger partial charge < -0.3 is 14.4 Å². The third-order valence-corrected chi connectivity index (χ3v) is 8.07. The third-order valence-electron chi connectivity index (χ3n) is 6.18. The summed E-state index contributed by atoms with van der Waals surface area (Å²) in [4.78, 5) is 17.1. The minimum atomic E-state index is -3.65. The van der Waals surface area contributed by atoms with Gasteiger partial charge in [0.1, 0.15) is 0 Å². The highest BCUT2D eigenvalue weighted by molar-refractivity contribution is 7.89. The lowest BCUT2D eigenvalue weighted by Gasteiger charge is -2.35. The Balaban J connectivity index is 1.35. The van der Waals surface area contributed by atoms with Crippen molar-refractivity contribution in [2.45, 2.75) is 36.6 Å².